The second-order valence-electron chi connectivity index (χ2n) is 10.7. The fourth-order valence-corrected chi connectivity index (χ4v) is 7.49. The van der Waals surface area contributed by atoms with Crippen molar-refractivity contribution in [2.45, 2.75) is 62.1 Å². The van der Waals surface area contributed by atoms with Crippen molar-refractivity contribution in [2.75, 3.05) is 37.4 Å². The molecule has 2 aromatic rings. The molecule has 2 saturated heterocycles. The van der Waals surface area contributed by atoms with Crippen molar-refractivity contribution in [1.29, 1.82) is 0 Å². The SMILES string of the molecule is N[C@H](C(=O)Nc1cccc(F)c1CC[C@H]1CNC2C#CCN1S(=O)CCC2)C1(c2ccc(Cl)cc2)CCOCC1. The maximum Gasteiger partial charge on any atom is 0.242 e. The van der Waals surface area contributed by atoms with Gasteiger partial charge in [-0.15, -0.1) is 0 Å². The molecule has 2 bridgehead atoms. The van der Waals surface area contributed by atoms with Crippen LogP contribution in [0, 0.1) is 17.7 Å². The zero-order chi connectivity index (χ0) is 28.1. The monoisotopic (exact) mass is 586 g/mol. The number of benzene rings is 2. The van der Waals surface area contributed by atoms with Gasteiger partial charge in [0.15, 0.2) is 0 Å². The van der Waals surface area contributed by atoms with Gasteiger partial charge in [-0.05, 0) is 68.4 Å². The number of hydrogen-bond acceptors (Lipinski definition) is 5. The van der Waals surface area contributed by atoms with Gasteiger partial charge in [0.2, 0.25) is 5.91 Å². The zero-order valence-electron chi connectivity index (χ0n) is 22.5. The first-order valence-electron chi connectivity index (χ1n) is 13.9. The molecule has 10 heteroatoms. The Hall–Kier alpha value is -2.32. The number of nitrogens with zero attached hydrogens (tertiary/aromatic N) is 1. The minimum Gasteiger partial charge on any atom is -0.381 e. The third kappa shape index (κ3) is 6.43. The standard InChI is InChI=1S/C30H36ClFN4O3S/c31-22-10-8-21(9-11-22)30(14-17-39-18-15-30)28(33)29(37)35-27-7-1-6-26(32)25(27)13-12-24-20-34-23-4-2-16-36(24)40(38)19-3-5-23/h1,6-11,23-24,28,34H,3,5,12-20,33H2,(H,35,37)/t23?,24-,28+,40?/m0/s1. The third-order valence-electron chi connectivity index (χ3n) is 8.38. The van der Waals surface area contributed by atoms with Crippen molar-refractivity contribution in [2.24, 2.45) is 5.73 Å². The molecule has 4 heterocycles. The molecule has 1 amide bonds. The van der Waals surface area contributed by atoms with E-state index in [-0.39, 0.29) is 18.0 Å². The summed E-state index contributed by atoms with van der Waals surface area (Å²) in [6, 6.07) is 11.3. The number of carbonyl (C=O) groups excluding carboxylic acids is 1. The van der Waals surface area contributed by atoms with Crippen LogP contribution in [0.25, 0.3) is 0 Å². The van der Waals surface area contributed by atoms with E-state index in [2.05, 4.69) is 22.5 Å². The van der Waals surface area contributed by atoms with Crippen LogP contribution in [0.2, 0.25) is 5.02 Å². The molecule has 4 aliphatic heterocycles. The first-order valence-corrected chi connectivity index (χ1v) is 15.6. The topological polar surface area (TPSA) is 96.7 Å². The molecular weight excluding hydrogens is 551 g/mol. The number of fused-ring (bicyclic) bond motifs is 6. The van der Waals surface area contributed by atoms with E-state index in [1.165, 1.54) is 6.07 Å². The Labute approximate surface area is 242 Å². The lowest BCUT2D eigenvalue weighted by atomic mass is 9.68. The Balaban J connectivity index is 1.34. The van der Waals surface area contributed by atoms with Gasteiger partial charge < -0.3 is 21.1 Å². The quantitative estimate of drug-likeness (QED) is 0.432. The number of ether oxygens (including phenoxy) is 1. The summed E-state index contributed by atoms with van der Waals surface area (Å²) >= 11 is 6.12. The van der Waals surface area contributed by atoms with E-state index < -0.39 is 28.3 Å². The minimum absolute atomic E-state index is 0.0724. The van der Waals surface area contributed by atoms with Crippen molar-refractivity contribution in [1.82, 2.24) is 9.62 Å². The highest BCUT2D eigenvalue weighted by molar-refractivity contribution is 7.82. The molecule has 0 radical (unpaired) electrons. The van der Waals surface area contributed by atoms with E-state index in [1.807, 2.05) is 16.4 Å². The maximum absolute atomic E-state index is 15.2. The van der Waals surface area contributed by atoms with Crippen LogP contribution in [0.5, 0.6) is 0 Å². The lowest BCUT2D eigenvalue weighted by Gasteiger charge is -2.41. The van der Waals surface area contributed by atoms with Crippen LogP contribution in [0.4, 0.5) is 10.1 Å². The summed E-state index contributed by atoms with van der Waals surface area (Å²) < 4.78 is 35.7. The molecular formula is C30H36ClFN4O3S. The molecule has 4 N–H and O–H groups in total. The zero-order valence-corrected chi connectivity index (χ0v) is 24.0. The highest BCUT2D eigenvalue weighted by Gasteiger charge is 2.43. The largest absolute Gasteiger partial charge is 0.381 e. The van der Waals surface area contributed by atoms with Gasteiger partial charge >= 0.3 is 0 Å². The van der Waals surface area contributed by atoms with Crippen molar-refractivity contribution in [3.8, 4) is 11.8 Å². The van der Waals surface area contributed by atoms with Gasteiger partial charge in [-0.2, -0.15) is 0 Å². The van der Waals surface area contributed by atoms with Gasteiger partial charge in [0.1, 0.15) is 5.82 Å². The van der Waals surface area contributed by atoms with E-state index >= 15 is 4.39 Å². The highest BCUT2D eigenvalue weighted by Crippen LogP contribution is 2.38. The Morgan fingerprint density at radius 2 is 2.05 bits per heavy atom. The lowest BCUT2D eigenvalue weighted by Crippen LogP contribution is -2.55. The highest BCUT2D eigenvalue weighted by atomic mass is 35.5. The van der Waals surface area contributed by atoms with Crippen molar-refractivity contribution in [3.05, 3.63) is 64.4 Å². The smallest absolute Gasteiger partial charge is 0.242 e. The van der Waals surface area contributed by atoms with Crippen LogP contribution in [0.1, 0.15) is 43.2 Å². The summed E-state index contributed by atoms with van der Waals surface area (Å²) in [4.78, 5) is 13.6. The molecule has 0 aromatic heterocycles. The van der Waals surface area contributed by atoms with Crippen LogP contribution in [0.3, 0.4) is 0 Å². The molecule has 2 aromatic carbocycles. The molecule has 2 fully saturated rings. The van der Waals surface area contributed by atoms with Crippen molar-refractivity contribution in [3.63, 3.8) is 0 Å². The van der Waals surface area contributed by atoms with E-state index in [4.69, 9.17) is 22.1 Å². The maximum atomic E-state index is 15.2. The lowest BCUT2D eigenvalue weighted by molar-refractivity contribution is -0.120. The van der Waals surface area contributed by atoms with Gasteiger partial charge in [0.05, 0.1) is 29.6 Å². The number of rotatable bonds is 7. The van der Waals surface area contributed by atoms with Gasteiger partial charge in [-0.25, -0.2) is 12.9 Å². The summed E-state index contributed by atoms with van der Waals surface area (Å²) in [6.45, 7) is 2.04. The number of anilines is 1. The average Bonchev–Trinajstić information content (AvgIpc) is 3.08. The van der Waals surface area contributed by atoms with Crippen molar-refractivity contribution < 1.29 is 18.1 Å². The van der Waals surface area contributed by atoms with Gasteiger partial charge in [-0.1, -0.05) is 41.6 Å². The molecule has 40 heavy (non-hydrogen) atoms. The first-order chi connectivity index (χ1) is 19.4. The van der Waals surface area contributed by atoms with E-state index in [9.17, 15) is 9.00 Å². The Kier molecular flexibility index (Phi) is 9.56. The number of carbonyl (C=O) groups is 1. The molecule has 0 saturated carbocycles. The molecule has 0 spiro atoms. The Bertz CT molecular complexity index is 1290. The number of amides is 1. The van der Waals surface area contributed by atoms with Crippen molar-refractivity contribution >= 4 is 34.2 Å². The molecule has 5 atom stereocenters. The molecule has 4 aliphatic rings. The number of halogens is 2. The molecule has 3 unspecified atom stereocenters. The molecule has 7 nitrogen and oxygen atoms in total. The predicted molar refractivity (Wildman–Crippen MR) is 157 cm³/mol. The van der Waals surface area contributed by atoms with Crippen LogP contribution in [-0.4, -0.2) is 64.6 Å². The van der Waals surface area contributed by atoms with Crippen LogP contribution < -0.4 is 16.4 Å². The van der Waals surface area contributed by atoms with Gasteiger partial charge in [0, 0.05) is 53.2 Å². The minimum atomic E-state index is -1.14. The Morgan fingerprint density at radius 1 is 1.27 bits per heavy atom. The number of nitrogens with two attached hydrogens (primary N) is 1. The van der Waals surface area contributed by atoms with Gasteiger partial charge in [0.25, 0.3) is 0 Å². The number of nitrogens with one attached hydrogen (secondary N) is 2. The van der Waals surface area contributed by atoms with Crippen LogP contribution in [-0.2, 0) is 32.4 Å². The summed E-state index contributed by atoms with van der Waals surface area (Å²) in [5, 5.41) is 7.04. The Morgan fingerprint density at radius 3 is 2.83 bits per heavy atom. The predicted octanol–water partition coefficient (Wildman–Crippen LogP) is 3.53. The normalized spacial score (nSPS) is 26.8. The van der Waals surface area contributed by atoms with E-state index in [0.717, 1.165) is 18.4 Å². The summed E-state index contributed by atoms with van der Waals surface area (Å²) in [5.41, 5.74) is 7.82. The second kappa shape index (κ2) is 13.1. The molecule has 0 aliphatic carbocycles. The van der Waals surface area contributed by atoms with E-state index in [0.29, 0.717) is 74.0 Å². The molecule has 6 rings (SSSR count). The average molecular weight is 587 g/mol. The number of hydrogen-bond donors (Lipinski definition) is 3. The van der Waals surface area contributed by atoms with Crippen LogP contribution in [0.15, 0.2) is 42.5 Å². The fraction of sp³-hybridized carbons (Fsp3) is 0.500. The van der Waals surface area contributed by atoms with Crippen LogP contribution >= 0.6 is 11.6 Å². The second-order valence-corrected chi connectivity index (χ2v) is 12.7. The fourth-order valence-electron chi connectivity index (χ4n) is 5.99. The third-order valence-corrected chi connectivity index (χ3v) is 10.2. The van der Waals surface area contributed by atoms with Gasteiger partial charge in [-0.3, -0.25) is 4.79 Å². The summed E-state index contributed by atoms with van der Waals surface area (Å²) in [5.74, 6) is 6.22. The summed E-state index contributed by atoms with van der Waals surface area (Å²) in [6.07, 6.45) is 3.82. The molecule has 214 valence electrons. The van der Waals surface area contributed by atoms with E-state index in [1.54, 1.807) is 24.3 Å². The summed E-state index contributed by atoms with van der Waals surface area (Å²) in [7, 11) is -1.14. The first kappa shape index (κ1) is 29.2.